The molecule has 0 amide bonds. The monoisotopic (exact) mass is 237 g/mol. The smallest absolute Gasteiger partial charge is 0.347 e. The second-order valence-corrected chi connectivity index (χ2v) is 3.75. The van der Waals surface area contributed by atoms with Gasteiger partial charge in [0.1, 0.15) is 0 Å². The summed E-state index contributed by atoms with van der Waals surface area (Å²) >= 11 is 0. The molecule has 1 atom stereocenters. The second-order valence-electron chi connectivity index (χ2n) is 3.75. The maximum Gasteiger partial charge on any atom is 0.347 e. The van der Waals surface area contributed by atoms with Crippen LogP contribution in [0.3, 0.4) is 0 Å². The van der Waals surface area contributed by atoms with E-state index in [1.807, 2.05) is 6.07 Å². The Hall–Kier alpha value is -1.75. The van der Waals surface area contributed by atoms with E-state index in [-0.39, 0.29) is 5.97 Å². The van der Waals surface area contributed by atoms with Crippen LogP contribution in [0.1, 0.15) is 12.0 Å². The van der Waals surface area contributed by atoms with Crippen LogP contribution in [0.4, 0.5) is 0 Å². The van der Waals surface area contributed by atoms with Gasteiger partial charge < -0.3 is 19.9 Å². The van der Waals surface area contributed by atoms with Crippen molar-refractivity contribution in [1.29, 1.82) is 0 Å². The zero-order chi connectivity index (χ0) is 12.3. The number of cyclic esters (lactones) is 1. The molecule has 1 heterocycles. The van der Waals surface area contributed by atoms with Gasteiger partial charge in [-0.1, -0.05) is 6.07 Å². The third-order valence-electron chi connectivity index (χ3n) is 2.62. The Morgan fingerprint density at radius 3 is 2.88 bits per heavy atom. The van der Waals surface area contributed by atoms with Crippen molar-refractivity contribution in [1.82, 2.24) is 0 Å². The molecule has 5 nitrogen and oxygen atoms in total. The third kappa shape index (κ3) is 2.50. The Bertz CT molecular complexity index is 419. The Balaban J connectivity index is 2.20. The molecular weight excluding hydrogens is 222 g/mol. The number of hydrogen-bond acceptors (Lipinski definition) is 5. The molecule has 1 aromatic carbocycles. The summed E-state index contributed by atoms with van der Waals surface area (Å²) in [6, 6.07) is 5.42. The summed E-state index contributed by atoms with van der Waals surface area (Å²) in [5.41, 5.74) is 6.48. The normalized spacial score (nSPS) is 18.9. The highest BCUT2D eigenvalue weighted by Gasteiger charge is 2.29. The van der Waals surface area contributed by atoms with E-state index in [1.165, 1.54) is 0 Å². The van der Waals surface area contributed by atoms with Gasteiger partial charge in [0.15, 0.2) is 17.6 Å². The molecule has 0 aliphatic carbocycles. The number of rotatable bonds is 4. The molecule has 1 aliphatic heterocycles. The molecule has 1 aliphatic rings. The van der Waals surface area contributed by atoms with Crippen LogP contribution in [0, 0.1) is 0 Å². The minimum Gasteiger partial charge on any atom is -0.493 e. The lowest BCUT2D eigenvalue weighted by molar-refractivity contribution is -0.143. The summed E-state index contributed by atoms with van der Waals surface area (Å²) in [7, 11) is 1.55. The molecule has 2 N–H and O–H groups in total. The van der Waals surface area contributed by atoms with Gasteiger partial charge in [0.2, 0.25) is 0 Å². The first-order chi connectivity index (χ1) is 8.24. The standard InChI is InChI=1S/C12H15NO4/c1-15-9-3-2-8(7-13)6-11(9)17-10-4-5-16-12(10)14/h2-3,6,10H,4-5,7,13H2,1H3. The molecular formula is C12H15NO4. The van der Waals surface area contributed by atoms with Crippen molar-refractivity contribution in [3.05, 3.63) is 23.8 Å². The van der Waals surface area contributed by atoms with Crippen molar-refractivity contribution in [3.63, 3.8) is 0 Å². The number of methoxy groups -OCH3 is 1. The van der Waals surface area contributed by atoms with Crippen LogP contribution in [0.15, 0.2) is 18.2 Å². The van der Waals surface area contributed by atoms with E-state index in [2.05, 4.69) is 0 Å². The number of ether oxygens (including phenoxy) is 3. The van der Waals surface area contributed by atoms with E-state index in [1.54, 1.807) is 19.2 Å². The highest BCUT2D eigenvalue weighted by molar-refractivity contribution is 5.77. The van der Waals surface area contributed by atoms with Gasteiger partial charge in [-0.2, -0.15) is 0 Å². The minimum absolute atomic E-state index is 0.329. The molecule has 1 unspecified atom stereocenters. The summed E-state index contributed by atoms with van der Waals surface area (Å²) in [5.74, 6) is 0.784. The van der Waals surface area contributed by atoms with Crippen LogP contribution in [0.2, 0.25) is 0 Å². The maximum absolute atomic E-state index is 11.3. The van der Waals surface area contributed by atoms with E-state index in [0.29, 0.717) is 31.1 Å². The molecule has 0 bridgehead atoms. The fourth-order valence-electron chi connectivity index (χ4n) is 1.68. The lowest BCUT2D eigenvalue weighted by Crippen LogP contribution is -2.22. The van der Waals surface area contributed by atoms with Gasteiger partial charge in [-0.3, -0.25) is 0 Å². The van der Waals surface area contributed by atoms with Gasteiger partial charge in [0.05, 0.1) is 13.7 Å². The van der Waals surface area contributed by atoms with E-state index in [4.69, 9.17) is 19.9 Å². The highest BCUT2D eigenvalue weighted by Crippen LogP contribution is 2.30. The van der Waals surface area contributed by atoms with Gasteiger partial charge in [0.25, 0.3) is 0 Å². The Kier molecular flexibility index (Phi) is 3.49. The van der Waals surface area contributed by atoms with E-state index in [0.717, 1.165) is 5.56 Å². The number of carbonyl (C=O) groups is 1. The van der Waals surface area contributed by atoms with Gasteiger partial charge in [-0.25, -0.2) is 4.79 Å². The predicted molar refractivity (Wildman–Crippen MR) is 60.9 cm³/mol. The van der Waals surface area contributed by atoms with Gasteiger partial charge in [0, 0.05) is 13.0 Å². The Labute approximate surface area is 99.5 Å². The zero-order valence-corrected chi connectivity index (χ0v) is 9.64. The van der Waals surface area contributed by atoms with Gasteiger partial charge >= 0.3 is 5.97 Å². The van der Waals surface area contributed by atoms with Crippen LogP contribution in [-0.2, 0) is 16.1 Å². The molecule has 0 saturated carbocycles. The van der Waals surface area contributed by atoms with Crippen LogP contribution in [0.25, 0.3) is 0 Å². The number of nitrogens with two attached hydrogens (primary N) is 1. The summed E-state index contributed by atoms with van der Waals surface area (Å²) in [6.45, 7) is 0.817. The summed E-state index contributed by atoms with van der Waals surface area (Å²) in [4.78, 5) is 11.3. The van der Waals surface area contributed by atoms with Crippen molar-refractivity contribution >= 4 is 5.97 Å². The first-order valence-corrected chi connectivity index (χ1v) is 5.45. The number of carbonyl (C=O) groups excluding carboxylic acids is 1. The average molecular weight is 237 g/mol. The Morgan fingerprint density at radius 1 is 1.47 bits per heavy atom. The number of hydrogen-bond donors (Lipinski definition) is 1. The third-order valence-corrected chi connectivity index (χ3v) is 2.62. The number of esters is 1. The van der Waals surface area contributed by atoms with E-state index in [9.17, 15) is 4.79 Å². The molecule has 1 saturated heterocycles. The van der Waals surface area contributed by atoms with Crippen LogP contribution < -0.4 is 15.2 Å². The molecule has 0 aromatic heterocycles. The predicted octanol–water partition coefficient (Wildman–Crippen LogP) is 0.848. The summed E-state index contributed by atoms with van der Waals surface area (Å²) in [5, 5.41) is 0. The molecule has 1 aromatic rings. The summed E-state index contributed by atoms with van der Waals surface area (Å²) < 4.78 is 15.6. The molecule has 17 heavy (non-hydrogen) atoms. The first-order valence-electron chi connectivity index (χ1n) is 5.45. The SMILES string of the molecule is COc1ccc(CN)cc1OC1CCOC1=O. The molecule has 2 rings (SSSR count). The van der Waals surface area contributed by atoms with Gasteiger partial charge in [-0.05, 0) is 17.7 Å². The van der Waals surface area contributed by atoms with Crippen molar-refractivity contribution in [3.8, 4) is 11.5 Å². The van der Waals surface area contributed by atoms with Crippen molar-refractivity contribution in [2.75, 3.05) is 13.7 Å². The minimum atomic E-state index is -0.545. The fraction of sp³-hybridized carbons (Fsp3) is 0.417. The Morgan fingerprint density at radius 2 is 2.29 bits per heavy atom. The molecule has 92 valence electrons. The largest absolute Gasteiger partial charge is 0.493 e. The molecule has 0 radical (unpaired) electrons. The second kappa shape index (κ2) is 5.05. The topological polar surface area (TPSA) is 70.8 Å². The van der Waals surface area contributed by atoms with Crippen LogP contribution in [-0.4, -0.2) is 25.8 Å². The van der Waals surface area contributed by atoms with Crippen molar-refractivity contribution in [2.45, 2.75) is 19.1 Å². The van der Waals surface area contributed by atoms with Crippen molar-refractivity contribution in [2.24, 2.45) is 5.73 Å². The lowest BCUT2D eigenvalue weighted by Gasteiger charge is -2.14. The first kappa shape index (κ1) is 11.7. The lowest BCUT2D eigenvalue weighted by atomic mass is 10.2. The zero-order valence-electron chi connectivity index (χ0n) is 9.64. The average Bonchev–Trinajstić information content (AvgIpc) is 2.75. The molecule has 5 heteroatoms. The quantitative estimate of drug-likeness (QED) is 0.786. The molecule has 1 fully saturated rings. The van der Waals surface area contributed by atoms with Crippen molar-refractivity contribution < 1.29 is 19.0 Å². The maximum atomic E-state index is 11.3. The fourth-order valence-corrected chi connectivity index (χ4v) is 1.68. The summed E-state index contributed by atoms with van der Waals surface area (Å²) in [6.07, 6.45) is 0.0198. The van der Waals surface area contributed by atoms with Gasteiger partial charge in [-0.15, -0.1) is 0 Å². The van der Waals surface area contributed by atoms with Crippen LogP contribution in [0.5, 0.6) is 11.5 Å². The number of benzene rings is 1. The van der Waals surface area contributed by atoms with E-state index < -0.39 is 6.10 Å². The highest BCUT2D eigenvalue weighted by atomic mass is 16.6. The van der Waals surface area contributed by atoms with E-state index >= 15 is 0 Å². The molecule has 0 spiro atoms. The van der Waals surface area contributed by atoms with Crippen LogP contribution >= 0.6 is 0 Å².